The van der Waals surface area contributed by atoms with Gasteiger partial charge >= 0.3 is 6.18 Å². The molecule has 5 rings (SSSR count). The van der Waals surface area contributed by atoms with Crippen molar-refractivity contribution in [1.29, 1.82) is 0 Å². The van der Waals surface area contributed by atoms with Crippen LogP contribution in [-0.4, -0.2) is 31.4 Å². The summed E-state index contributed by atoms with van der Waals surface area (Å²) in [4.78, 5) is 17.1. The number of fused-ring (bicyclic) bond motifs is 2. The number of alkyl halides is 3. The molecule has 0 radical (unpaired) electrons. The predicted octanol–water partition coefficient (Wildman–Crippen LogP) is 4.98. The van der Waals surface area contributed by atoms with Crippen LogP contribution in [-0.2, 0) is 25.7 Å². The summed E-state index contributed by atoms with van der Waals surface area (Å²) in [7, 11) is 0. The van der Waals surface area contributed by atoms with Crippen LogP contribution in [0.4, 0.5) is 13.2 Å². The number of aryl methyl sites for hydroxylation is 1. The van der Waals surface area contributed by atoms with E-state index in [2.05, 4.69) is 30.9 Å². The Labute approximate surface area is 179 Å². The normalized spacial score (nSPS) is 14.8. The minimum Gasteiger partial charge on any atom is -0.453 e. The molecule has 10 heteroatoms. The lowest BCUT2D eigenvalue weighted by atomic mass is 10.1. The van der Waals surface area contributed by atoms with Gasteiger partial charge in [0.05, 0.1) is 23.3 Å². The third-order valence-corrected chi connectivity index (χ3v) is 5.90. The number of hydrogen-bond acceptors (Lipinski definition) is 6. The molecule has 0 saturated heterocycles. The summed E-state index contributed by atoms with van der Waals surface area (Å²) in [6.07, 6.45) is -2.79. The van der Waals surface area contributed by atoms with Crippen molar-refractivity contribution < 1.29 is 17.6 Å². The summed E-state index contributed by atoms with van der Waals surface area (Å²) in [6.45, 7) is 3.68. The number of aromatic nitrogens is 4. The van der Waals surface area contributed by atoms with Gasteiger partial charge in [-0.25, -0.2) is 15.0 Å². The average Bonchev–Trinajstić information content (AvgIpc) is 3.32. The Bertz CT molecular complexity index is 1250. The Morgan fingerprint density at radius 3 is 2.90 bits per heavy atom. The zero-order valence-corrected chi connectivity index (χ0v) is 17.3. The average molecular weight is 445 g/mol. The number of aromatic amines is 1. The second-order valence-corrected chi connectivity index (χ2v) is 8.50. The maximum atomic E-state index is 12.8. The minimum atomic E-state index is -4.52. The highest BCUT2D eigenvalue weighted by atomic mass is 32.2. The van der Waals surface area contributed by atoms with Crippen LogP contribution in [0.15, 0.2) is 51.2 Å². The SMILES string of the molecule is Cc1ccc2nc(Sc3ccc(CN4CCc5nc(C(F)(F)F)ncc5C4)o3)[nH]c2c1. The van der Waals surface area contributed by atoms with Crippen molar-refractivity contribution in [2.24, 2.45) is 0 Å². The van der Waals surface area contributed by atoms with Gasteiger partial charge in [-0.1, -0.05) is 6.07 Å². The molecule has 0 saturated carbocycles. The summed E-state index contributed by atoms with van der Waals surface area (Å²) >= 11 is 1.42. The number of benzene rings is 1. The minimum absolute atomic E-state index is 0.446. The first-order valence-corrected chi connectivity index (χ1v) is 10.5. The number of hydrogen-bond donors (Lipinski definition) is 1. The van der Waals surface area contributed by atoms with Crippen LogP contribution in [0.3, 0.4) is 0 Å². The first-order chi connectivity index (χ1) is 14.8. The first-order valence-electron chi connectivity index (χ1n) is 9.71. The molecule has 0 aliphatic carbocycles. The number of H-pyrrole nitrogens is 1. The Hall–Kier alpha value is -2.85. The topological polar surface area (TPSA) is 70.8 Å². The summed E-state index contributed by atoms with van der Waals surface area (Å²) in [5.74, 6) is -0.293. The number of nitrogens with zero attached hydrogens (tertiary/aromatic N) is 4. The van der Waals surface area contributed by atoms with Crippen molar-refractivity contribution in [2.45, 2.75) is 42.9 Å². The molecule has 160 valence electrons. The largest absolute Gasteiger partial charge is 0.453 e. The molecule has 1 N–H and O–H groups in total. The van der Waals surface area contributed by atoms with Gasteiger partial charge in [0.25, 0.3) is 0 Å². The molecule has 1 aliphatic heterocycles. The molecule has 31 heavy (non-hydrogen) atoms. The predicted molar refractivity (Wildman–Crippen MR) is 109 cm³/mol. The lowest BCUT2D eigenvalue weighted by molar-refractivity contribution is -0.145. The number of imidazole rings is 1. The maximum Gasteiger partial charge on any atom is 0.451 e. The van der Waals surface area contributed by atoms with E-state index in [0.29, 0.717) is 31.7 Å². The third-order valence-electron chi connectivity index (χ3n) is 5.10. The van der Waals surface area contributed by atoms with E-state index in [1.54, 1.807) is 0 Å². The Kier molecular flexibility index (Phi) is 4.98. The van der Waals surface area contributed by atoms with Crippen molar-refractivity contribution in [3.8, 4) is 0 Å². The fraction of sp³-hybridized carbons (Fsp3) is 0.286. The monoisotopic (exact) mass is 445 g/mol. The molecule has 4 aromatic rings. The molecule has 4 heterocycles. The molecule has 6 nitrogen and oxygen atoms in total. The van der Waals surface area contributed by atoms with E-state index in [-0.39, 0.29) is 0 Å². The van der Waals surface area contributed by atoms with Crippen molar-refractivity contribution in [1.82, 2.24) is 24.8 Å². The maximum absolute atomic E-state index is 12.8. The molecule has 0 atom stereocenters. The van der Waals surface area contributed by atoms with E-state index < -0.39 is 12.0 Å². The molecular formula is C21H18F3N5OS. The lowest BCUT2D eigenvalue weighted by Crippen LogP contribution is -2.31. The van der Waals surface area contributed by atoms with Gasteiger partial charge in [0.1, 0.15) is 5.76 Å². The second kappa shape index (κ2) is 7.69. The highest BCUT2D eigenvalue weighted by molar-refractivity contribution is 7.99. The molecular weight excluding hydrogens is 427 g/mol. The Morgan fingerprint density at radius 2 is 2.06 bits per heavy atom. The summed E-state index contributed by atoms with van der Waals surface area (Å²) in [5.41, 5.74) is 4.24. The van der Waals surface area contributed by atoms with Gasteiger partial charge < -0.3 is 9.40 Å². The molecule has 0 spiro atoms. The van der Waals surface area contributed by atoms with Gasteiger partial charge in [-0.15, -0.1) is 0 Å². The number of nitrogens with one attached hydrogen (secondary N) is 1. The highest BCUT2D eigenvalue weighted by Crippen LogP contribution is 2.31. The molecule has 0 amide bonds. The van der Waals surface area contributed by atoms with Gasteiger partial charge in [0.15, 0.2) is 10.2 Å². The van der Waals surface area contributed by atoms with E-state index in [1.807, 2.05) is 31.2 Å². The van der Waals surface area contributed by atoms with Gasteiger partial charge in [-0.05, 0) is 48.5 Å². The molecule has 1 aliphatic rings. The van der Waals surface area contributed by atoms with Gasteiger partial charge in [-0.3, -0.25) is 4.90 Å². The van der Waals surface area contributed by atoms with Crippen molar-refractivity contribution in [3.63, 3.8) is 0 Å². The zero-order valence-electron chi connectivity index (χ0n) is 16.5. The molecule has 0 fully saturated rings. The number of furan rings is 1. The van der Waals surface area contributed by atoms with Crippen LogP contribution >= 0.6 is 11.8 Å². The number of rotatable bonds is 4. The molecule has 1 aromatic carbocycles. The van der Waals surface area contributed by atoms with Crippen LogP contribution in [0.2, 0.25) is 0 Å². The van der Waals surface area contributed by atoms with Crippen molar-refractivity contribution in [2.75, 3.05) is 6.54 Å². The second-order valence-electron chi connectivity index (χ2n) is 7.51. The highest BCUT2D eigenvalue weighted by Gasteiger charge is 2.35. The van der Waals surface area contributed by atoms with E-state index >= 15 is 0 Å². The van der Waals surface area contributed by atoms with Gasteiger partial charge in [0.2, 0.25) is 5.82 Å². The van der Waals surface area contributed by atoms with Crippen LogP contribution in [0.1, 0.15) is 28.4 Å². The fourth-order valence-corrected chi connectivity index (χ4v) is 4.39. The summed E-state index contributed by atoms with van der Waals surface area (Å²) in [6, 6.07) is 9.86. The third kappa shape index (κ3) is 4.31. The van der Waals surface area contributed by atoms with Crippen molar-refractivity contribution >= 4 is 22.8 Å². The van der Waals surface area contributed by atoms with Crippen LogP contribution in [0, 0.1) is 6.92 Å². The zero-order chi connectivity index (χ0) is 21.6. The smallest absolute Gasteiger partial charge is 0.451 e. The Morgan fingerprint density at radius 1 is 1.19 bits per heavy atom. The molecule has 3 aromatic heterocycles. The fourth-order valence-electron chi connectivity index (χ4n) is 3.61. The molecule has 0 unspecified atom stereocenters. The standard InChI is InChI=1S/C21H18F3N5OS/c1-12-2-4-16-17(8-12)28-20(27-16)31-18-5-3-14(30-18)11-29-7-6-15-13(10-29)9-25-19(26-15)21(22,23)24/h2-5,8-9H,6-7,10-11H2,1H3,(H,27,28). The number of halogens is 3. The summed E-state index contributed by atoms with van der Waals surface area (Å²) in [5, 5.41) is 1.48. The van der Waals surface area contributed by atoms with E-state index in [4.69, 9.17) is 4.42 Å². The Balaban J connectivity index is 1.24. The first kappa shape index (κ1) is 20.1. The van der Waals surface area contributed by atoms with Crippen molar-refractivity contribution in [3.05, 3.63) is 64.9 Å². The van der Waals surface area contributed by atoms with E-state index in [1.165, 1.54) is 18.0 Å². The van der Waals surface area contributed by atoms with E-state index in [9.17, 15) is 13.2 Å². The van der Waals surface area contributed by atoms with Crippen LogP contribution in [0.5, 0.6) is 0 Å². The molecule has 0 bridgehead atoms. The summed E-state index contributed by atoms with van der Waals surface area (Å²) < 4.78 is 44.3. The van der Waals surface area contributed by atoms with Crippen LogP contribution < -0.4 is 0 Å². The quantitative estimate of drug-likeness (QED) is 0.478. The van der Waals surface area contributed by atoms with Crippen LogP contribution in [0.25, 0.3) is 11.0 Å². The van der Waals surface area contributed by atoms with Gasteiger partial charge in [-0.2, -0.15) is 13.2 Å². The van der Waals surface area contributed by atoms with Gasteiger partial charge in [0, 0.05) is 31.3 Å². The lowest BCUT2D eigenvalue weighted by Gasteiger charge is -2.27. The van der Waals surface area contributed by atoms with E-state index in [0.717, 1.165) is 38.2 Å².